The topological polar surface area (TPSA) is 68.2 Å². The first-order chi connectivity index (χ1) is 9.24. The fourth-order valence-electron chi connectivity index (χ4n) is 2.36. The van der Waals surface area contributed by atoms with Crippen LogP contribution in [0.5, 0.6) is 0 Å². The Bertz CT molecular complexity index is 627. The molecule has 0 amide bonds. The summed E-state index contributed by atoms with van der Waals surface area (Å²) in [6, 6.07) is 6.28. The van der Waals surface area contributed by atoms with Crippen LogP contribution in [-0.4, -0.2) is 22.4 Å². The molecule has 1 aliphatic rings. The number of hydrogen-bond acceptors (Lipinski definition) is 4. The molecule has 0 saturated heterocycles. The van der Waals surface area contributed by atoms with Crippen molar-refractivity contribution in [1.82, 2.24) is 9.66 Å². The summed E-state index contributed by atoms with van der Waals surface area (Å²) in [5, 5.41) is 7.81. The Labute approximate surface area is 112 Å². The number of nitrogens with one attached hydrogen (secondary N) is 1. The van der Waals surface area contributed by atoms with Crippen LogP contribution in [0.25, 0.3) is 0 Å². The SMILES string of the molecule is Cc1cn(N=Cc2cccc3c2NCCC3)c(N)n1. The summed E-state index contributed by atoms with van der Waals surface area (Å²) in [4.78, 5) is 4.12. The van der Waals surface area contributed by atoms with Crippen molar-refractivity contribution in [1.29, 1.82) is 0 Å². The first-order valence-corrected chi connectivity index (χ1v) is 6.45. The number of nitrogen functional groups attached to an aromatic ring is 1. The van der Waals surface area contributed by atoms with Crippen molar-refractivity contribution in [2.24, 2.45) is 5.10 Å². The quantitative estimate of drug-likeness (QED) is 0.807. The zero-order valence-electron chi connectivity index (χ0n) is 10.9. The van der Waals surface area contributed by atoms with Crippen molar-refractivity contribution in [3.05, 3.63) is 41.2 Å². The average Bonchev–Trinajstić information content (AvgIpc) is 2.74. The van der Waals surface area contributed by atoms with Gasteiger partial charge in [0.25, 0.3) is 0 Å². The molecule has 0 unspecified atom stereocenters. The molecule has 5 heteroatoms. The molecule has 0 fully saturated rings. The number of hydrogen-bond donors (Lipinski definition) is 2. The molecule has 19 heavy (non-hydrogen) atoms. The van der Waals surface area contributed by atoms with Crippen molar-refractivity contribution in [3.63, 3.8) is 0 Å². The van der Waals surface area contributed by atoms with Crippen LogP contribution >= 0.6 is 0 Å². The number of nitrogens with two attached hydrogens (primary N) is 1. The molecule has 3 N–H and O–H groups in total. The van der Waals surface area contributed by atoms with Crippen molar-refractivity contribution >= 4 is 17.9 Å². The molecular weight excluding hydrogens is 238 g/mol. The average molecular weight is 255 g/mol. The van der Waals surface area contributed by atoms with Gasteiger partial charge in [-0.3, -0.25) is 0 Å². The molecule has 98 valence electrons. The highest BCUT2D eigenvalue weighted by Crippen LogP contribution is 2.24. The molecule has 2 heterocycles. The number of fused-ring (bicyclic) bond motifs is 1. The van der Waals surface area contributed by atoms with Crippen LogP contribution in [-0.2, 0) is 6.42 Å². The monoisotopic (exact) mass is 255 g/mol. The number of rotatable bonds is 2. The summed E-state index contributed by atoms with van der Waals surface area (Å²) in [5.41, 5.74) is 10.3. The van der Waals surface area contributed by atoms with E-state index in [-0.39, 0.29) is 0 Å². The van der Waals surface area contributed by atoms with Crippen LogP contribution in [0.1, 0.15) is 23.2 Å². The highest BCUT2D eigenvalue weighted by atomic mass is 15.4. The standard InChI is InChI=1S/C14H17N5/c1-10-9-19(14(15)18-10)17-8-12-5-2-4-11-6-3-7-16-13(11)12/h2,4-5,8-9,16H,3,6-7H2,1H3,(H2,15,18). The fraction of sp³-hybridized carbons (Fsp3) is 0.286. The van der Waals surface area contributed by atoms with E-state index in [0.29, 0.717) is 5.95 Å². The molecule has 0 aliphatic carbocycles. The van der Waals surface area contributed by atoms with Gasteiger partial charge >= 0.3 is 0 Å². The molecule has 0 bridgehead atoms. The summed E-state index contributed by atoms with van der Waals surface area (Å²) in [6.45, 7) is 2.92. The van der Waals surface area contributed by atoms with Gasteiger partial charge < -0.3 is 11.1 Å². The summed E-state index contributed by atoms with van der Waals surface area (Å²) in [5.74, 6) is 0.409. The first-order valence-electron chi connectivity index (χ1n) is 6.45. The van der Waals surface area contributed by atoms with E-state index in [0.717, 1.165) is 24.2 Å². The van der Waals surface area contributed by atoms with Gasteiger partial charge in [-0.15, -0.1) is 0 Å². The largest absolute Gasteiger partial charge is 0.384 e. The van der Waals surface area contributed by atoms with Crippen LogP contribution in [0.2, 0.25) is 0 Å². The van der Waals surface area contributed by atoms with Crippen LogP contribution in [0.4, 0.5) is 11.6 Å². The summed E-state index contributed by atoms with van der Waals surface area (Å²) in [6.07, 6.45) is 5.95. The normalized spacial score (nSPS) is 14.4. The predicted octanol–water partition coefficient (Wildman–Crippen LogP) is 2.01. The number of aryl methyl sites for hydroxylation is 2. The molecular formula is C14H17N5. The summed E-state index contributed by atoms with van der Waals surface area (Å²) >= 11 is 0. The molecule has 2 aromatic rings. The van der Waals surface area contributed by atoms with E-state index in [2.05, 4.69) is 33.6 Å². The third kappa shape index (κ3) is 2.31. The van der Waals surface area contributed by atoms with Gasteiger partial charge in [0, 0.05) is 17.8 Å². The third-order valence-electron chi connectivity index (χ3n) is 3.26. The Morgan fingerprint density at radius 3 is 3.16 bits per heavy atom. The molecule has 3 rings (SSSR count). The van der Waals surface area contributed by atoms with E-state index >= 15 is 0 Å². The minimum atomic E-state index is 0.409. The second-order valence-electron chi connectivity index (χ2n) is 4.74. The smallest absolute Gasteiger partial charge is 0.221 e. The lowest BCUT2D eigenvalue weighted by Gasteiger charge is -2.19. The lowest BCUT2D eigenvalue weighted by Crippen LogP contribution is -2.13. The van der Waals surface area contributed by atoms with Crippen molar-refractivity contribution < 1.29 is 0 Å². The van der Waals surface area contributed by atoms with Crippen molar-refractivity contribution in [2.75, 3.05) is 17.6 Å². The molecule has 0 spiro atoms. The molecule has 0 radical (unpaired) electrons. The zero-order chi connectivity index (χ0) is 13.2. The summed E-state index contributed by atoms with van der Waals surface area (Å²) < 4.78 is 1.59. The number of imidazole rings is 1. The highest BCUT2D eigenvalue weighted by Gasteiger charge is 2.10. The second-order valence-corrected chi connectivity index (χ2v) is 4.74. The van der Waals surface area contributed by atoms with Crippen LogP contribution in [0, 0.1) is 6.92 Å². The van der Waals surface area contributed by atoms with Gasteiger partial charge in [-0.05, 0) is 25.3 Å². The van der Waals surface area contributed by atoms with Crippen LogP contribution in [0.15, 0.2) is 29.5 Å². The number of nitrogens with zero attached hydrogens (tertiary/aromatic N) is 3. The number of anilines is 2. The van der Waals surface area contributed by atoms with E-state index < -0.39 is 0 Å². The van der Waals surface area contributed by atoms with E-state index in [1.165, 1.54) is 17.7 Å². The summed E-state index contributed by atoms with van der Waals surface area (Å²) in [7, 11) is 0. The molecule has 0 atom stereocenters. The predicted molar refractivity (Wildman–Crippen MR) is 77.6 cm³/mol. The molecule has 0 saturated carbocycles. The minimum absolute atomic E-state index is 0.409. The Morgan fingerprint density at radius 2 is 2.37 bits per heavy atom. The fourth-order valence-corrected chi connectivity index (χ4v) is 2.36. The lowest BCUT2D eigenvalue weighted by molar-refractivity contribution is 0.829. The van der Waals surface area contributed by atoms with Gasteiger partial charge in [-0.2, -0.15) is 5.10 Å². The maximum Gasteiger partial charge on any atom is 0.221 e. The van der Waals surface area contributed by atoms with Crippen molar-refractivity contribution in [2.45, 2.75) is 19.8 Å². The van der Waals surface area contributed by atoms with E-state index in [9.17, 15) is 0 Å². The first kappa shape index (κ1) is 11.8. The zero-order valence-corrected chi connectivity index (χ0v) is 10.9. The lowest BCUT2D eigenvalue weighted by atomic mass is 10.00. The molecule has 5 nitrogen and oxygen atoms in total. The van der Waals surface area contributed by atoms with Gasteiger partial charge in [-0.1, -0.05) is 18.2 Å². The maximum atomic E-state index is 5.77. The van der Waals surface area contributed by atoms with E-state index in [4.69, 9.17) is 5.73 Å². The molecule has 1 aromatic carbocycles. The molecule has 1 aromatic heterocycles. The van der Waals surface area contributed by atoms with Gasteiger partial charge in [0.15, 0.2) is 0 Å². The van der Waals surface area contributed by atoms with E-state index in [1.807, 2.05) is 19.3 Å². The molecule has 1 aliphatic heterocycles. The number of benzene rings is 1. The van der Waals surface area contributed by atoms with Gasteiger partial charge in [0.2, 0.25) is 5.95 Å². The number of aromatic nitrogens is 2. The minimum Gasteiger partial charge on any atom is -0.384 e. The van der Waals surface area contributed by atoms with Crippen molar-refractivity contribution in [3.8, 4) is 0 Å². The van der Waals surface area contributed by atoms with E-state index in [1.54, 1.807) is 4.68 Å². The van der Waals surface area contributed by atoms with Crippen LogP contribution in [0.3, 0.4) is 0 Å². The Balaban J connectivity index is 1.93. The highest BCUT2D eigenvalue weighted by molar-refractivity contribution is 5.89. The Morgan fingerprint density at radius 1 is 1.47 bits per heavy atom. The number of para-hydroxylation sites is 1. The second kappa shape index (κ2) is 4.76. The van der Waals surface area contributed by atoms with Gasteiger partial charge in [-0.25, -0.2) is 9.66 Å². The Hall–Kier alpha value is -2.30. The Kier molecular flexibility index (Phi) is 2.95. The third-order valence-corrected chi connectivity index (χ3v) is 3.26. The van der Waals surface area contributed by atoms with Crippen LogP contribution < -0.4 is 11.1 Å². The van der Waals surface area contributed by atoms with Gasteiger partial charge in [0.05, 0.1) is 18.1 Å². The maximum absolute atomic E-state index is 5.77. The van der Waals surface area contributed by atoms with Gasteiger partial charge in [0.1, 0.15) is 0 Å².